The van der Waals surface area contributed by atoms with E-state index in [1.54, 1.807) is 0 Å². The van der Waals surface area contributed by atoms with Crippen molar-refractivity contribution < 1.29 is 4.42 Å². The zero-order valence-electron chi connectivity index (χ0n) is 7.84. The Morgan fingerprint density at radius 1 is 1.27 bits per heavy atom. The largest absolute Gasteiger partial charge is 0.460 e. The third-order valence-corrected chi connectivity index (χ3v) is 3.19. The zero-order valence-corrected chi connectivity index (χ0v) is 10.7. The maximum absolute atomic E-state index is 5.88. The number of rotatable bonds is 2. The summed E-state index contributed by atoms with van der Waals surface area (Å²) < 4.78 is 6.63. The van der Waals surface area contributed by atoms with Crippen molar-refractivity contribution in [3.63, 3.8) is 0 Å². The molecule has 15 heavy (non-hydrogen) atoms. The minimum Gasteiger partial charge on any atom is -0.460 e. The molecule has 2 N–H and O–H groups in total. The maximum Gasteiger partial charge on any atom is 0.135 e. The third-order valence-electron chi connectivity index (χ3n) is 2.06. The predicted molar refractivity (Wildman–Crippen MR) is 69.8 cm³/mol. The van der Waals surface area contributed by atoms with Crippen molar-refractivity contribution in [2.24, 2.45) is 5.73 Å². The minimum absolute atomic E-state index is 0.421. The highest BCUT2D eigenvalue weighted by molar-refractivity contribution is 14.1. The first-order valence-electron chi connectivity index (χ1n) is 4.45. The Morgan fingerprint density at radius 3 is 2.67 bits per heavy atom. The third kappa shape index (κ3) is 2.35. The van der Waals surface area contributed by atoms with Gasteiger partial charge in [0.05, 0.1) is 6.54 Å². The first-order chi connectivity index (χ1) is 7.20. The van der Waals surface area contributed by atoms with Crippen molar-refractivity contribution in [2.45, 2.75) is 6.54 Å². The van der Waals surface area contributed by atoms with Crippen LogP contribution in [0.1, 0.15) is 5.76 Å². The molecule has 1 aromatic heterocycles. The van der Waals surface area contributed by atoms with Crippen LogP contribution >= 0.6 is 34.2 Å². The van der Waals surface area contributed by atoms with Gasteiger partial charge in [0, 0.05) is 14.2 Å². The van der Waals surface area contributed by atoms with Gasteiger partial charge < -0.3 is 10.2 Å². The van der Waals surface area contributed by atoms with Crippen LogP contribution < -0.4 is 5.73 Å². The summed E-state index contributed by atoms with van der Waals surface area (Å²) in [5.74, 6) is 1.62. The van der Waals surface area contributed by atoms with Gasteiger partial charge in [-0.3, -0.25) is 0 Å². The van der Waals surface area contributed by atoms with Gasteiger partial charge in [0.15, 0.2) is 0 Å². The van der Waals surface area contributed by atoms with Crippen LogP contribution in [-0.4, -0.2) is 0 Å². The molecular weight excluding hydrogens is 324 g/mol. The van der Waals surface area contributed by atoms with Crippen LogP contribution in [0, 0.1) is 3.57 Å². The number of nitrogens with two attached hydrogens (primary N) is 1. The lowest BCUT2D eigenvalue weighted by Crippen LogP contribution is -1.92. The average molecular weight is 334 g/mol. The monoisotopic (exact) mass is 333 g/mol. The van der Waals surface area contributed by atoms with Crippen LogP contribution in [-0.2, 0) is 6.54 Å². The van der Waals surface area contributed by atoms with E-state index in [2.05, 4.69) is 22.6 Å². The minimum atomic E-state index is 0.421. The smallest absolute Gasteiger partial charge is 0.135 e. The van der Waals surface area contributed by atoms with E-state index in [9.17, 15) is 0 Å². The van der Waals surface area contributed by atoms with Crippen molar-refractivity contribution >= 4 is 34.2 Å². The molecule has 2 aromatic rings. The van der Waals surface area contributed by atoms with Crippen molar-refractivity contribution in [1.82, 2.24) is 0 Å². The Labute approximate surface area is 107 Å². The van der Waals surface area contributed by atoms with Crippen molar-refractivity contribution in [2.75, 3.05) is 0 Å². The maximum atomic E-state index is 5.88. The normalized spacial score (nSPS) is 10.6. The Balaban J connectivity index is 2.44. The van der Waals surface area contributed by atoms with E-state index in [1.807, 2.05) is 30.3 Å². The number of benzene rings is 1. The number of hydrogen-bond acceptors (Lipinski definition) is 2. The van der Waals surface area contributed by atoms with Gasteiger partial charge in [0.2, 0.25) is 0 Å². The summed E-state index contributed by atoms with van der Waals surface area (Å²) in [6.45, 7) is 0.421. The van der Waals surface area contributed by atoms with Gasteiger partial charge in [-0.2, -0.15) is 0 Å². The Bertz CT molecular complexity index is 481. The lowest BCUT2D eigenvalue weighted by atomic mass is 10.2. The summed E-state index contributed by atoms with van der Waals surface area (Å²) in [4.78, 5) is 0. The second-order valence-corrected chi connectivity index (χ2v) is 4.69. The molecule has 0 unspecified atom stereocenters. The molecule has 0 aliphatic heterocycles. The van der Waals surface area contributed by atoms with Gasteiger partial charge in [-0.1, -0.05) is 11.6 Å². The Morgan fingerprint density at radius 2 is 2.07 bits per heavy atom. The standard InChI is InChI=1S/C11H9ClINO/c12-7-1-3-9(10(13)5-7)11-4-2-8(6-14)15-11/h1-5H,6,14H2. The van der Waals surface area contributed by atoms with Gasteiger partial charge in [-0.05, 0) is 52.9 Å². The van der Waals surface area contributed by atoms with Crippen LogP contribution in [0.2, 0.25) is 5.02 Å². The van der Waals surface area contributed by atoms with E-state index in [1.165, 1.54) is 0 Å². The van der Waals surface area contributed by atoms with E-state index in [0.29, 0.717) is 6.54 Å². The van der Waals surface area contributed by atoms with E-state index < -0.39 is 0 Å². The first kappa shape index (κ1) is 11.0. The average Bonchev–Trinajstić information content (AvgIpc) is 2.66. The summed E-state index contributed by atoms with van der Waals surface area (Å²) in [7, 11) is 0. The molecule has 0 fully saturated rings. The molecule has 2 rings (SSSR count). The van der Waals surface area contributed by atoms with Gasteiger partial charge in [-0.25, -0.2) is 0 Å². The fourth-order valence-corrected chi connectivity index (χ4v) is 2.46. The summed E-state index contributed by atoms with van der Waals surface area (Å²) >= 11 is 8.12. The molecular formula is C11H9ClINO. The van der Waals surface area contributed by atoms with Crippen LogP contribution in [0.5, 0.6) is 0 Å². The van der Waals surface area contributed by atoms with Crippen LogP contribution in [0.3, 0.4) is 0 Å². The van der Waals surface area contributed by atoms with Crippen molar-refractivity contribution in [3.8, 4) is 11.3 Å². The molecule has 0 saturated carbocycles. The highest BCUT2D eigenvalue weighted by Crippen LogP contribution is 2.29. The van der Waals surface area contributed by atoms with Gasteiger partial charge in [0.1, 0.15) is 11.5 Å². The number of furan rings is 1. The van der Waals surface area contributed by atoms with Gasteiger partial charge >= 0.3 is 0 Å². The van der Waals surface area contributed by atoms with Gasteiger partial charge in [-0.15, -0.1) is 0 Å². The van der Waals surface area contributed by atoms with Crippen LogP contribution in [0.25, 0.3) is 11.3 Å². The predicted octanol–water partition coefficient (Wildman–Crippen LogP) is 3.66. The number of halogens is 2. The van der Waals surface area contributed by atoms with Crippen LogP contribution in [0.15, 0.2) is 34.7 Å². The highest BCUT2D eigenvalue weighted by Gasteiger charge is 2.07. The molecule has 0 spiro atoms. The second kappa shape index (κ2) is 4.55. The van der Waals surface area contributed by atoms with E-state index in [0.717, 1.165) is 25.7 Å². The molecule has 0 radical (unpaired) electrons. The SMILES string of the molecule is NCc1ccc(-c2ccc(Cl)cc2I)o1. The first-order valence-corrected chi connectivity index (χ1v) is 5.90. The molecule has 78 valence electrons. The molecule has 0 aliphatic carbocycles. The quantitative estimate of drug-likeness (QED) is 0.852. The van der Waals surface area contributed by atoms with E-state index >= 15 is 0 Å². The number of hydrogen-bond donors (Lipinski definition) is 1. The summed E-state index contributed by atoms with van der Waals surface area (Å²) in [5, 5.41) is 0.730. The lowest BCUT2D eigenvalue weighted by Gasteiger charge is -2.01. The fraction of sp³-hybridized carbons (Fsp3) is 0.0909. The Kier molecular flexibility index (Phi) is 3.33. The van der Waals surface area contributed by atoms with Gasteiger partial charge in [0.25, 0.3) is 0 Å². The van der Waals surface area contributed by atoms with E-state index in [-0.39, 0.29) is 0 Å². The molecule has 1 aromatic carbocycles. The zero-order chi connectivity index (χ0) is 10.8. The molecule has 2 nitrogen and oxygen atoms in total. The molecule has 0 aliphatic rings. The molecule has 0 saturated heterocycles. The lowest BCUT2D eigenvalue weighted by molar-refractivity contribution is 0.525. The van der Waals surface area contributed by atoms with Crippen molar-refractivity contribution in [3.05, 3.63) is 44.7 Å². The second-order valence-electron chi connectivity index (χ2n) is 3.09. The molecule has 1 heterocycles. The molecule has 0 bridgehead atoms. The fourth-order valence-electron chi connectivity index (χ4n) is 1.32. The highest BCUT2D eigenvalue weighted by atomic mass is 127. The summed E-state index contributed by atoms with van der Waals surface area (Å²) in [6.07, 6.45) is 0. The topological polar surface area (TPSA) is 39.2 Å². The molecule has 4 heteroatoms. The molecule has 0 atom stereocenters. The van der Waals surface area contributed by atoms with E-state index in [4.69, 9.17) is 21.8 Å². The van der Waals surface area contributed by atoms with Crippen molar-refractivity contribution in [1.29, 1.82) is 0 Å². The van der Waals surface area contributed by atoms with Crippen LogP contribution in [0.4, 0.5) is 0 Å². The molecule has 0 amide bonds. The summed E-state index contributed by atoms with van der Waals surface area (Å²) in [6, 6.07) is 9.52. The Hall–Kier alpha value is -0.520. The summed E-state index contributed by atoms with van der Waals surface area (Å²) in [5.41, 5.74) is 6.53.